The molecule has 0 saturated heterocycles. The molecule has 3 rings (SSSR count). The van der Waals surface area contributed by atoms with Crippen LogP contribution in [-0.4, -0.2) is 43.2 Å². The minimum absolute atomic E-state index is 0.113. The van der Waals surface area contributed by atoms with Gasteiger partial charge in [-0.05, 0) is 36.8 Å². The molecule has 1 N–H and O–H groups in total. The number of hydrogen-bond acceptors (Lipinski definition) is 6. The van der Waals surface area contributed by atoms with E-state index in [9.17, 15) is 14.4 Å². The lowest BCUT2D eigenvalue weighted by atomic mass is 10.0. The molecule has 0 aliphatic carbocycles. The van der Waals surface area contributed by atoms with Gasteiger partial charge < -0.3 is 24.1 Å². The van der Waals surface area contributed by atoms with Crippen LogP contribution in [0.15, 0.2) is 60.8 Å². The van der Waals surface area contributed by atoms with Crippen molar-refractivity contribution in [3.63, 3.8) is 0 Å². The molecule has 0 radical (unpaired) electrons. The number of benzene rings is 2. The standard InChI is InChI=1S/C26H26N2O6/c1-5-34-21-9-7-6-8-17(21)12-15-22(29)27-19-13-10-18(11-14-19)24-23(26(31)33-4)20(16-28(24)2)25(30)32-3/h6-16H,5H2,1-4H3,(H,27,29). The number of carbonyl (C=O) groups excluding carboxylic acids is 3. The molecule has 2 aromatic carbocycles. The summed E-state index contributed by atoms with van der Waals surface area (Å²) < 4.78 is 16.9. The fraction of sp³-hybridized carbons (Fsp3) is 0.192. The minimum Gasteiger partial charge on any atom is -0.493 e. The van der Waals surface area contributed by atoms with E-state index in [0.29, 0.717) is 29.3 Å². The van der Waals surface area contributed by atoms with Crippen molar-refractivity contribution in [2.45, 2.75) is 6.92 Å². The molecular weight excluding hydrogens is 436 g/mol. The second kappa shape index (κ2) is 11.0. The zero-order valence-electron chi connectivity index (χ0n) is 19.5. The molecule has 0 aliphatic rings. The molecule has 0 bridgehead atoms. The van der Waals surface area contributed by atoms with Crippen LogP contribution in [0.4, 0.5) is 5.69 Å². The molecule has 0 fully saturated rings. The van der Waals surface area contributed by atoms with E-state index in [1.165, 1.54) is 26.5 Å². The Bertz CT molecular complexity index is 1220. The summed E-state index contributed by atoms with van der Waals surface area (Å²) in [6.07, 6.45) is 4.64. The zero-order valence-corrected chi connectivity index (χ0v) is 19.5. The third-order valence-corrected chi connectivity index (χ3v) is 5.04. The predicted molar refractivity (Wildman–Crippen MR) is 129 cm³/mol. The van der Waals surface area contributed by atoms with Crippen LogP contribution >= 0.6 is 0 Å². The van der Waals surface area contributed by atoms with Crippen LogP contribution in [0.1, 0.15) is 33.2 Å². The first-order valence-corrected chi connectivity index (χ1v) is 10.6. The number of hydrogen-bond donors (Lipinski definition) is 1. The van der Waals surface area contributed by atoms with Gasteiger partial charge in [-0.2, -0.15) is 0 Å². The lowest BCUT2D eigenvalue weighted by molar-refractivity contribution is -0.111. The first-order chi connectivity index (χ1) is 16.4. The average molecular weight is 463 g/mol. The second-order valence-corrected chi connectivity index (χ2v) is 7.23. The summed E-state index contributed by atoms with van der Waals surface area (Å²) in [6, 6.07) is 14.4. The van der Waals surface area contributed by atoms with Gasteiger partial charge in [-0.3, -0.25) is 4.79 Å². The highest BCUT2D eigenvalue weighted by Crippen LogP contribution is 2.30. The summed E-state index contributed by atoms with van der Waals surface area (Å²) >= 11 is 0. The van der Waals surface area contributed by atoms with Crippen LogP contribution in [-0.2, 0) is 21.3 Å². The largest absolute Gasteiger partial charge is 0.493 e. The van der Waals surface area contributed by atoms with Crippen LogP contribution in [0.25, 0.3) is 17.3 Å². The van der Waals surface area contributed by atoms with Gasteiger partial charge in [0, 0.05) is 30.6 Å². The van der Waals surface area contributed by atoms with E-state index >= 15 is 0 Å². The molecule has 8 heteroatoms. The summed E-state index contributed by atoms with van der Waals surface area (Å²) in [5, 5.41) is 2.80. The number of carbonyl (C=O) groups is 3. The molecule has 0 unspecified atom stereocenters. The molecule has 0 atom stereocenters. The van der Waals surface area contributed by atoms with E-state index in [2.05, 4.69) is 5.32 Å². The first-order valence-electron chi connectivity index (χ1n) is 10.6. The van der Waals surface area contributed by atoms with Gasteiger partial charge in [-0.25, -0.2) is 9.59 Å². The molecule has 3 aromatic rings. The Morgan fingerprint density at radius 3 is 2.29 bits per heavy atom. The molecule has 1 heterocycles. The summed E-state index contributed by atoms with van der Waals surface area (Å²) in [7, 11) is 4.21. The van der Waals surface area contributed by atoms with E-state index < -0.39 is 11.9 Å². The maximum absolute atomic E-state index is 12.4. The number of rotatable bonds is 8. The van der Waals surface area contributed by atoms with Crippen molar-refractivity contribution in [3.8, 4) is 17.0 Å². The number of esters is 2. The van der Waals surface area contributed by atoms with Gasteiger partial charge in [-0.1, -0.05) is 30.3 Å². The molecule has 0 aliphatic heterocycles. The van der Waals surface area contributed by atoms with Gasteiger partial charge in [0.1, 0.15) is 5.75 Å². The fourth-order valence-corrected chi connectivity index (χ4v) is 3.51. The smallest absolute Gasteiger partial charge is 0.340 e. The second-order valence-electron chi connectivity index (χ2n) is 7.23. The molecule has 176 valence electrons. The van der Waals surface area contributed by atoms with E-state index in [1.807, 2.05) is 31.2 Å². The van der Waals surface area contributed by atoms with Gasteiger partial charge in [0.05, 0.1) is 37.6 Å². The van der Waals surface area contributed by atoms with Crippen molar-refractivity contribution in [1.82, 2.24) is 4.57 Å². The Labute approximate surface area is 197 Å². The van der Waals surface area contributed by atoms with Gasteiger partial charge >= 0.3 is 11.9 Å². The van der Waals surface area contributed by atoms with Gasteiger partial charge in [0.15, 0.2) is 0 Å². The van der Waals surface area contributed by atoms with Crippen LogP contribution in [0.2, 0.25) is 0 Å². The lowest BCUT2D eigenvalue weighted by Gasteiger charge is -2.09. The highest BCUT2D eigenvalue weighted by Gasteiger charge is 2.27. The number of nitrogens with one attached hydrogen (secondary N) is 1. The minimum atomic E-state index is -0.647. The summed E-state index contributed by atoms with van der Waals surface area (Å²) in [4.78, 5) is 37.0. The number of ether oxygens (including phenoxy) is 3. The number of nitrogens with zero attached hydrogens (tertiary/aromatic N) is 1. The monoisotopic (exact) mass is 462 g/mol. The van der Waals surface area contributed by atoms with Crippen LogP contribution in [0.3, 0.4) is 0 Å². The van der Waals surface area contributed by atoms with Crippen LogP contribution in [0, 0.1) is 0 Å². The van der Waals surface area contributed by atoms with Crippen molar-refractivity contribution in [2.75, 3.05) is 26.1 Å². The van der Waals surface area contributed by atoms with Gasteiger partial charge in [0.25, 0.3) is 0 Å². The molecule has 0 saturated carbocycles. The van der Waals surface area contributed by atoms with Gasteiger partial charge in [-0.15, -0.1) is 0 Å². The Balaban J connectivity index is 1.81. The van der Waals surface area contributed by atoms with Crippen molar-refractivity contribution in [2.24, 2.45) is 7.05 Å². The Kier molecular flexibility index (Phi) is 7.87. The molecule has 1 aromatic heterocycles. The van der Waals surface area contributed by atoms with E-state index in [-0.39, 0.29) is 17.0 Å². The lowest BCUT2D eigenvalue weighted by Crippen LogP contribution is -2.10. The van der Waals surface area contributed by atoms with E-state index in [1.54, 1.807) is 42.0 Å². The molecule has 0 spiro atoms. The average Bonchev–Trinajstić information content (AvgIpc) is 3.20. The highest BCUT2D eigenvalue weighted by molar-refractivity contribution is 6.08. The number of aromatic nitrogens is 1. The van der Waals surface area contributed by atoms with Gasteiger partial charge in [0.2, 0.25) is 5.91 Å². The molecular formula is C26H26N2O6. The Morgan fingerprint density at radius 1 is 0.971 bits per heavy atom. The third kappa shape index (κ3) is 5.35. The van der Waals surface area contributed by atoms with Crippen molar-refractivity contribution < 1.29 is 28.6 Å². The Hall–Kier alpha value is -4.33. The normalized spacial score (nSPS) is 10.7. The van der Waals surface area contributed by atoms with E-state index in [0.717, 1.165) is 5.56 Å². The third-order valence-electron chi connectivity index (χ3n) is 5.04. The predicted octanol–water partition coefficient (Wildman–Crippen LogP) is 4.32. The summed E-state index contributed by atoms with van der Waals surface area (Å²) in [5.74, 6) is -0.885. The topological polar surface area (TPSA) is 95.9 Å². The molecule has 1 amide bonds. The summed E-state index contributed by atoms with van der Waals surface area (Å²) in [6.45, 7) is 2.43. The number of aryl methyl sites for hydroxylation is 1. The molecule has 8 nitrogen and oxygen atoms in total. The van der Waals surface area contributed by atoms with Crippen molar-refractivity contribution in [3.05, 3.63) is 77.5 Å². The quantitative estimate of drug-likeness (QED) is 0.396. The maximum atomic E-state index is 12.4. The number of para-hydroxylation sites is 1. The SMILES string of the molecule is CCOc1ccccc1C=CC(=O)Nc1ccc(-c2c(C(=O)OC)c(C(=O)OC)cn2C)cc1. The van der Waals surface area contributed by atoms with Crippen LogP contribution in [0.5, 0.6) is 5.75 Å². The number of anilines is 1. The van der Waals surface area contributed by atoms with E-state index in [4.69, 9.17) is 14.2 Å². The van der Waals surface area contributed by atoms with Crippen molar-refractivity contribution >= 4 is 29.6 Å². The summed E-state index contributed by atoms with van der Waals surface area (Å²) in [5.41, 5.74) is 2.76. The first kappa shape index (κ1) is 24.3. The maximum Gasteiger partial charge on any atom is 0.340 e. The Morgan fingerprint density at radius 2 is 1.65 bits per heavy atom. The zero-order chi connectivity index (χ0) is 24.7. The highest BCUT2D eigenvalue weighted by atomic mass is 16.5. The number of amides is 1. The number of methoxy groups -OCH3 is 2. The van der Waals surface area contributed by atoms with Crippen LogP contribution < -0.4 is 10.1 Å². The van der Waals surface area contributed by atoms with Crippen molar-refractivity contribution in [1.29, 1.82) is 0 Å². The molecule has 34 heavy (non-hydrogen) atoms. The fourth-order valence-electron chi connectivity index (χ4n) is 3.51.